The number of carbonyl (C=O) groups is 1. The Morgan fingerprint density at radius 2 is 2.00 bits per heavy atom. The first-order valence-corrected chi connectivity index (χ1v) is 12.4. The van der Waals surface area contributed by atoms with E-state index in [-0.39, 0.29) is 48.8 Å². The molecular formula is C24H31FN2O6S. The highest BCUT2D eigenvalue weighted by molar-refractivity contribution is 7.89. The van der Waals surface area contributed by atoms with Crippen LogP contribution in [0.5, 0.6) is 5.75 Å². The van der Waals surface area contributed by atoms with E-state index >= 15 is 0 Å². The zero-order chi connectivity index (χ0) is 25.0. The molecule has 3 atom stereocenters. The standard InChI is InChI=1S/C24H31FN2O6S/c1-16-12-27(17(2)14-28)34(30,31)23-9-8-19(18-6-5-7-20(25)10-18)11-21(23)33-22(16)13-26(3)24(29)15-32-4/h5-11,16-17,22,28H,12-15H2,1-4H3/t16-,17-,22+/m1/s1. The SMILES string of the molecule is COCC(=O)N(C)C[C@@H]1Oc2cc(-c3cccc(F)c3)ccc2S(=O)(=O)N([C@H](C)CO)C[C@H]1C. The third-order valence-corrected chi connectivity index (χ3v) is 7.99. The third kappa shape index (κ3) is 5.57. The minimum Gasteiger partial charge on any atom is -0.487 e. The second-order valence-corrected chi connectivity index (χ2v) is 10.5. The number of aliphatic hydroxyl groups excluding tert-OH is 1. The van der Waals surface area contributed by atoms with Crippen molar-refractivity contribution in [3.8, 4) is 16.9 Å². The normalized spacial score (nSPS) is 21.0. The molecule has 1 aliphatic heterocycles. The maximum absolute atomic E-state index is 13.8. The first-order valence-electron chi connectivity index (χ1n) is 11.0. The number of hydrogen-bond acceptors (Lipinski definition) is 6. The molecular weight excluding hydrogens is 463 g/mol. The van der Waals surface area contributed by atoms with Gasteiger partial charge < -0.3 is 19.5 Å². The molecule has 8 nitrogen and oxygen atoms in total. The number of fused-ring (bicyclic) bond motifs is 1. The van der Waals surface area contributed by atoms with Crippen molar-refractivity contribution in [2.45, 2.75) is 30.9 Å². The summed E-state index contributed by atoms with van der Waals surface area (Å²) in [4.78, 5) is 13.7. The number of aliphatic hydroxyl groups is 1. The third-order valence-electron chi connectivity index (χ3n) is 5.97. The smallest absolute Gasteiger partial charge is 0.248 e. The Labute approximate surface area is 199 Å². The lowest BCUT2D eigenvalue weighted by molar-refractivity contribution is -0.135. The summed E-state index contributed by atoms with van der Waals surface area (Å²) in [5.41, 5.74) is 1.16. The lowest BCUT2D eigenvalue weighted by Gasteiger charge is -2.37. The quantitative estimate of drug-likeness (QED) is 0.635. The number of sulfonamides is 1. The van der Waals surface area contributed by atoms with E-state index in [1.54, 1.807) is 38.2 Å². The van der Waals surface area contributed by atoms with Gasteiger partial charge in [0.1, 0.15) is 29.2 Å². The summed E-state index contributed by atoms with van der Waals surface area (Å²) in [6, 6.07) is 9.94. The molecule has 34 heavy (non-hydrogen) atoms. The van der Waals surface area contributed by atoms with E-state index in [1.807, 2.05) is 6.92 Å². The molecule has 2 aromatic carbocycles. The van der Waals surface area contributed by atoms with E-state index in [1.165, 1.54) is 34.5 Å². The molecule has 10 heteroatoms. The summed E-state index contributed by atoms with van der Waals surface area (Å²) >= 11 is 0. The number of nitrogens with zero attached hydrogens (tertiary/aromatic N) is 2. The van der Waals surface area contributed by atoms with Gasteiger partial charge in [-0.1, -0.05) is 25.1 Å². The molecule has 1 aliphatic rings. The molecule has 0 aliphatic carbocycles. The molecule has 0 saturated carbocycles. The summed E-state index contributed by atoms with van der Waals surface area (Å²) in [5.74, 6) is -0.846. The van der Waals surface area contributed by atoms with Crippen LogP contribution >= 0.6 is 0 Å². The summed E-state index contributed by atoms with van der Waals surface area (Å²) in [6.07, 6.45) is -0.545. The minimum absolute atomic E-state index is 0.0456. The Morgan fingerprint density at radius 3 is 2.65 bits per heavy atom. The van der Waals surface area contributed by atoms with Gasteiger partial charge in [-0.2, -0.15) is 4.31 Å². The highest BCUT2D eigenvalue weighted by atomic mass is 32.2. The van der Waals surface area contributed by atoms with Crippen LogP contribution in [0.3, 0.4) is 0 Å². The average Bonchev–Trinajstić information content (AvgIpc) is 2.80. The minimum atomic E-state index is -4.00. The number of amides is 1. The number of rotatable bonds is 7. The molecule has 0 aromatic heterocycles. The van der Waals surface area contributed by atoms with Crippen molar-refractivity contribution < 1.29 is 32.2 Å². The molecule has 186 valence electrons. The van der Waals surface area contributed by atoms with Crippen LogP contribution < -0.4 is 4.74 Å². The second kappa shape index (κ2) is 10.8. The second-order valence-electron chi connectivity index (χ2n) is 8.62. The number of methoxy groups -OCH3 is 1. The highest BCUT2D eigenvalue weighted by Gasteiger charge is 2.38. The highest BCUT2D eigenvalue weighted by Crippen LogP contribution is 2.36. The summed E-state index contributed by atoms with van der Waals surface area (Å²) in [6.45, 7) is 3.35. The average molecular weight is 495 g/mol. The van der Waals surface area contributed by atoms with Gasteiger partial charge in [0.05, 0.1) is 13.2 Å². The lowest BCUT2D eigenvalue weighted by atomic mass is 10.0. The molecule has 3 rings (SSSR count). The van der Waals surface area contributed by atoms with E-state index in [0.717, 1.165) is 0 Å². The van der Waals surface area contributed by atoms with Gasteiger partial charge in [0.25, 0.3) is 0 Å². The zero-order valence-electron chi connectivity index (χ0n) is 19.8. The fourth-order valence-corrected chi connectivity index (χ4v) is 5.72. The molecule has 0 radical (unpaired) electrons. The van der Waals surface area contributed by atoms with Crippen LogP contribution in [0.2, 0.25) is 0 Å². The molecule has 0 unspecified atom stereocenters. The van der Waals surface area contributed by atoms with Crippen LogP contribution in [0.4, 0.5) is 4.39 Å². The van der Waals surface area contributed by atoms with Crippen molar-refractivity contribution >= 4 is 15.9 Å². The molecule has 2 aromatic rings. The fraction of sp³-hybridized carbons (Fsp3) is 0.458. The van der Waals surface area contributed by atoms with E-state index < -0.39 is 28.0 Å². The van der Waals surface area contributed by atoms with Crippen molar-refractivity contribution in [1.29, 1.82) is 0 Å². The molecule has 1 N–H and O–H groups in total. The Morgan fingerprint density at radius 1 is 1.29 bits per heavy atom. The van der Waals surface area contributed by atoms with E-state index in [9.17, 15) is 22.7 Å². The summed E-state index contributed by atoms with van der Waals surface area (Å²) < 4.78 is 53.3. The maximum atomic E-state index is 13.8. The first kappa shape index (κ1) is 26.1. The topological polar surface area (TPSA) is 96.4 Å². The summed E-state index contributed by atoms with van der Waals surface area (Å²) in [5, 5.41) is 9.74. The molecule has 1 heterocycles. The van der Waals surface area contributed by atoms with Gasteiger partial charge >= 0.3 is 0 Å². The molecule has 0 fully saturated rings. The van der Waals surface area contributed by atoms with Crippen molar-refractivity contribution in [2.75, 3.05) is 40.5 Å². The molecule has 0 saturated heterocycles. The number of likely N-dealkylation sites (N-methyl/N-ethyl adjacent to an activating group) is 1. The van der Waals surface area contributed by atoms with Crippen LogP contribution in [-0.2, 0) is 19.6 Å². The Hall–Kier alpha value is -2.53. The molecule has 0 bridgehead atoms. The van der Waals surface area contributed by atoms with Crippen LogP contribution in [-0.4, -0.2) is 81.2 Å². The van der Waals surface area contributed by atoms with Crippen LogP contribution in [0.1, 0.15) is 13.8 Å². The van der Waals surface area contributed by atoms with Crippen molar-refractivity contribution in [2.24, 2.45) is 5.92 Å². The maximum Gasteiger partial charge on any atom is 0.248 e. The van der Waals surface area contributed by atoms with Gasteiger partial charge in [0, 0.05) is 32.7 Å². The number of ether oxygens (including phenoxy) is 2. The Balaban J connectivity index is 2.09. The van der Waals surface area contributed by atoms with Gasteiger partial charge in [0.15, 0.2) is 0 Å². The Bertz CT molecular complexity index is 1130. The van der Waals surface area contributed by atoms with Crippen LogP contribution in [0.15, 0.2) is 47.4 Å². The molecule has 0 spiro atoms. The van der Waals surface area contributed by atoms with Crippen molar-refractivity contribution in [1.82, 2.24) is 9.21 Å². The van der Waals surface area contributed by atoms with E-state index in [2.05, 4.69) is 0 Å². The Kier molecular flexibility index (Phi) is 8.29. The monoisotopic (exact) mass is 494 g/mol. The largest absolute Gasteiger partial charge is 0.487 e. The summed E-state index contributed by atoms with van der Waals surface area (Å²) in [7, 11) is -0.933. The predicted molar refractivity (Wildman–Crippen MR) is 125 cm³/mol. The zero-order valence-corrected chi connectivity index (χ0v) is 20.6. The molecule has 1 amide bonds. The van der Waals surface area contributed by atoms with Gasteiger partial charge in [-0.3, -0.25) is 4.79 Å². The van der Waals surface area contributed by atoms with Crippen LogP contribution in [0, 0.1) is 11.7 Å². The van der Waals surface area contributed by atoms with Gasteiger partial charge in [-0.25, -0.2) is 12.8 Å². The van der Waals surface area contributed by atoms with E-state index in [4.69, 9.17) is 9.47 Å². The van der Waals surface area contributed by atoms with E-state index in [0.29, 0.717) is 11.1 Å². The number of benzene rings is 2. The van der Waals surface area contributed by atoms with Crippen LogP contribution in [0.25, 0.3) is 11.1 Å². The van der Waals surface area contributed by atoms with Crippen molar-refractivity contribution in [3.63, 3.8) is 0 Å². The fourth-order valence-electron chi connectivity index (χ4n) is 3.90. The van der Waals surface area contributed by atoms with Gasteiger partial charge in [0.2, 0.25) is 15.9 Å². The number of halogens is 1. The first-order chi connectivity index (χ1) is 16.1. The predicted octanol–water partition coefficient (Wildman–Crippen LogP) is 2.37. The van der Waals surface area contributed by atoms with Gasteiger partial charge in [-0.05, 0) is 42.3 Å². The number of hydrogen-bond donors (Lipinski definition) is 1. The lowest BCUT2D eigenvalue weighted by Crippen LogP contribution is -2.50. The van der Waals surface area contributed by atoms with Crippen molar-refractivity contribution in [3.05, 3.63) is 48.3 Å². The van der Waals surface area contributed by atoms with Gasteiger partial charge in [-0.15, -0.1) is 0 Å². The number of carbonyl (C=O) groups excluding carboxylic acids is 1.